The van der Waals surface area contributed by atoms with E-state index in [0.717, 1.165) is 12.8 Å². The van der Waals surface area contributed by atoms with Crippen LogP contribution in [0.25, 0.3) is 0 Å². The Hall–Kier alpha value is -2.95. The summed E-state index contributed by atoms with van der Waals surface area (Å²) in [5, 5.41) is 0. The van der Waals surface area contributed by atoms with Crippen molar-refractivity contribution in [2.24, 2.45) is 0 Å². The molecule has 0 radical (unpaired) electrons. The Bertz CT molecular complexity index is 884. The van der Waals surface area contributed by atoms with Crippen LogP contribution in [-0.2, 0) is 16.0 Å². The normalized spacial score (nSPS) is 11.6. The molecule has 2 aromatic carbocycles. The van der Waals surface area contributed by atoms with Crippen molar-refractivity contribution in [2.75, 3.05) is 0 Å². The van der Waals surface area contributed by atoms with E-state index in [2.05, 4.69) is 6.92 Å². The third kappa shape index (κ3) is 9.21. The number of ether oxygens (including phenoxy) is 2. The number of esters is 2. The molecule has 0 aliphatic heterocycles. The third-order valence-corrected chi connectivity index (χ3v) is 5.49. The van der Waals surface area contributed by atoms with Crippen LogP contribution < -0.4 is 4.74 Å². The molecule has 0 amide bonds. The number of carbonyl (C=O) groups is 3. The van der Waals surface area contributed by atoms with Crippen LogP contribution in [0.1, 0.15) is 98.4 Å². The zero-order chi connectivity index (χ0) is 24.1. The Balaban J connectivity index is 1.83. The first-order valence-electron chi connectivity index (χ1n) is 12.1. The summed E-state index contributed by atoms with van der Waals surface area (Å²) in [6.45, 7) is 5.65. The molecule has 5 nitrogen and oxygen atoms in total. The van der Waals surface area contributed by atoms with E-state index in [1.54, 1.807) is 43.3 Å². The maximum absolute atomic E-state index is 12.4. The van der Waals surface area contributed by atoms with Gasteiger partial charge in [-0.05, 0) is 68.1 Å². The van der Waals surface area contributed by atoms with Gasteiger partial charge in [-0.3, -0.25) is 9.59 Å². The summed E-state index contributed by atoms with van der Waals surface area (Å²) in [5.74, 6) is -0.773. The summed E-state index contributed by atoms with van der Waals surface area (Å²) in [6.07, 6.45) is 8.67. The van der Waals surface area contributed by atoms with Crippen LogP contribution in [0.2, 0.25) is 0 Å². The zero-order valence-corrected chi connectivity index (χ0v) is 20.1. The summed E-state index contributed by atoms with van der Waals surface area (Å²) in [6, 6.07) is 13.8. The second kappa shape index (κ2) is 14.2. The van der Waals surface area contributed by atoms with E-state index < -0.39 is 12.1 Å². The van der Waals surface area contributed by atoms with E-state index in [9.17, 15) is 14.4 Å². The van der Waals surface area contributed by atoms with Crippen LogP contribution >= 0.6 is 0 Å². The van der Waals surface area contributed by atoms with Gasteiger partial charge in [-0.1, -0.05) is 58.1 Å². The number of rotatable bonds is 14. The standard InChI is InChI=1S/C28H36O5/c1-4-6-7-8-9-10-12-22-13-15-24(16-14-22)28(31)33-25-19-17-23(18-20-25)27(30)21(3)32-26(29)11-5-2/h13-21H,4-12H2,1-3H3. The minimum absolute atomic E-state index is 0.284. The number of benzene rings is 2. The number of unbranched alkanes of at least 4 members (excludes halogenated alkanes) is 5. The van der Waals surface area contributed by atoms with Gasteiger partial charge in [-0.2, -0.15) is 0 Å². The summed E-state index contributed by atoms with van der Waals surface area (Å²) in [7, 11) is 0. The van der Waals surface area contributed by atoms with Crippen molar-refractivity contribution >= 4 is 17.7 Å². The topological polar surface area (TPSA) is 69.7 Å². The van der Waals surface area contributed by atoms with E-state index >= 15 is 0 Å². The molecule has 0 aromatic heterocycles. The summed E-state index contributed by atoms with van der Waals surface area (Å²) in [4.78, 5) is 36.5. The SMILES string of the molecule is CCCCCCCCc1ccc(C(=O)Oc2ccc(C(=O)C(C)OC(=O)CCC)cc2)cc1. The molecule has 1 atom stereocenters. The van der Waals surface area contributed by atoms with Crippen molar-refractivity contribution in [3.8, 4) is 5.75 Å². The molecule has 0 bridgehead atoms. The monoisotopic (exact) mass is 452 g/mol. The Morgan fingerprint density at radius 2 is 1.36 bits per heavy atom. The van der Waals surface area contributed by atoms with Crippen LogP contribution in [0, 0.1) is 0 Å². The molecule has 0 heterocycles. The Morgan fingerprint density at radius 3 is 2.00 bits per heavy atom. The average molecular weight is 453 g/mol. The third-order valence-electron chi connectivity index (χ3n) is 5.49. The number of carbonyl (C=O) groups excluding carboxylic acids is 3. The van der Waals surface area contributed by atoms with Gasteiger partial charge in [0.15, 0.2) is 6.10 Å². The summed E-state index contributed by atoms with van der Waals surface area (Å²) < 4.78 is 10.6. The van der Waals surface area contributed by atoms with Crippen LogP contribution in [0.3, 0.4) is 0 Å². The van der Waals surface area contributed by atoms with Crippen LogP contribution in [0.15, 0.2) is 48.5 Å². The number of aryl methyl sites for hydroxylation is 1. The Morgan fingerprint density at radius 1 is 0.758 bits per heavy atom. The lowest BCUT2D eigenvalue weighted by atomic mass is 10.0. The lowest BCUT2D eigenvalue weighted by molar-refractivity contribution is -0.146. The molecule has 5 heteroatoms. The van der Waals surface area contributed by atoms with E-state index in [-0.39, 0.29) is 18.2 Å². The molecule has 0 fully saturated rings. The highest BCUT2D eigenvalue weighted by atomic mass is 16.5. The molecule has 0 aliphatic carbocycles. The fourth-order valence-corrected chi connectivity index (χ4v) is 3.52. The largest absolute Gasteiger partial charge is 0.454 e. The van der Waals surface area contributed by atoms with Gasteiger partial charge in [0.1, 0.15) is 5.75 Å². The van der Waals surface area contributed by atoms with Crippen molar-refractivity contribution in [3.63, 3.8) is 0 Å². The minimum atomic E-state index is -0.854. The Kier molecular flexibility index (Phi) is 11.4. The second-order valence-electron chi connectivity index (χ2n) is 8.37. The van der Waals surface area contributed by atoms with Gasteiger partial charge in [0.25, 0.3) is 0 Å². The summed E-state index contributed by atoms with van der Waals surface area (Å²) >= 11 is 0. The van der Waals surface area contributed by atoms with Crippen molar-refractivity contribution in [1.29, 1.82) is 0 Å². The molecule has 0 aliphatic rings. The fraction of sp³-hybridized carbons (Fsp3) is 0.464. The van der Waals surface area contributed by atoms with Gasteiger partial charge in [0.05, 0.1) is 5.56 Å². The van der Waals surface area contributed by atoms with Crippen LogP contribution in [-0.4, -0.2) is 23.8 Å². The number of ketones is 1. The van der Waals surface area contributed by atoms with Gasteiger partial charge >= 0.3 is 11.9 Å². The Labute approximate surface area is 197 Å². The molecule has 0 spiro atoms. The maximum atomic E-state index is 12.4. The van der Waals surface area contributed by atoms with Gasteiger partial charge in [0, 0.05) is 12.0 Å². The average Bonchev–Trinajstić information content (AvgIpc) is 2.81. The lowest BCUT2D eigenvalue weighted by Crippen LogP contribution is -2.24. The predicted octanol–water partition coefficient (Wildman–Crippen LogP) is 6.72. The number of Topliss-reactive ketones (excluding diaryl/α,β-unsaturated/α-hetero) is 1. The minimum Gasteiger partial charge on any atom is -0.454 e. The van der Waals surface area contributed by atoms with E-state index in [4.69, 9.17) is 9.47 Å². The fourth-order valence-electron chi connectivity index (χ4n) is 3.52. The first kappa shape index (κ1) is 26.3. The van der Waals surface area contributed by atoms with Crippen molar-refractivity contribution in [1.82, 2.24) is 0 Å². The molecule has 2 rings (SSSR count). The lowest BCUT2D eigenvalue weighted by Gasteiger charge is -2.12. The van der Waals surface area contributed by atoms with Crippen molar-refractivity contribution in [3.05, 3.63) is 65.2 Å². The molecular formula is C28H36O5. The molecular weight excluding hydrogens is 416 g/mol. The van der Waals surface area contributed by atoms with Gasteiger partial charge in [-0.25, -0.2) is 4.79 Å². The van der Waals surface area contributed by atoms with E-state index in [0.29, 0.717) is 23.3 Å². The highest BCUT2D eigenvalue weighted by molar-refractivity contribution is 6.00. The van der Waals surface area contributed by atoms with Crippen molar-refractivity contribution in [2.45, 2.75) is 84.7 Å². The van der Waals surface area contributed by atoms with Gasteiger partial charge in [-0.15, -0.1) is 0 Å². The highest BCUT2D eigenvalue weighted by Crippen LogP contribution is 2.17. The molecule has 0 N–H and O–H groups in total. The number of hydrogen-bond donors (Lipinski definition) is 0. The molecule has 0 saturated heterocycles. The van der Waals surface area contributed by atoms with Gasteiger partial charge < -0.3 is 9.47 Å². The van der Waals surface area contributed by atoms with E-state index in [1.165, 1.54) is 37.7 Å². The maximum Gasteiger partial charge on any atom is 0.343 e. The molecule has 33 heavy (non-hydrogen) atoms. The zero-order valence-electron chi connectivity index (χ0n) is 20.1. The summed E-state index contributed by atoms with van der Waals surface area (Å²) in [5.41, 5.74) is 2.10. The molecule has 178 valence electrons. The second-order valence-corrected chi connectivity index (χ2v) is 8.37. The smallest absolute Gasteiger partial charge is 0.343 e. The first-order valence-corrected chi connectivity index (χ1v) is 12.1. The quantitative estimate of drug-likeness (QED) is 0.138. The number of hydrogen-bond acceptors (Lipinski definition) is 5. The molecule has 0 saturated carbocycles. The van der Waals surface area contributed by atoms with Gasteiger partial charge in [0.2, 0.25) is 5.78 Å². The van der Waals surface area contributed by atoms with Crippen LogP contribution in [0.5, 0.6) is 5.75 Å². The van der Waals surface area contributed by atoms with Crippen molar-refractivity contribution < 1.29 is 23.9 Å². The van der Waals surface area contributed by atoms with E-state index in [1.807, 2.05) is 19.1 Å². The highest BCUT2D eigenvalue weighted by Gasteiger charge is 2.19. The predicted molar refractivity (Wildman–Crippen MR) is 130 cm³/mol. The van der Waals surface area contributed by atoms with Crippen LogP contribution in [0.4, 0.5) is 0 Å². The molecule has 1 unspecified atom stereocenters. The first-order chi connectivity index (χ1) is 15.9. The molecule has 2 aromatic rings.